The van der Waals surface area contributed by atoms with Crippen LogP contribution in [-0.2, 0) is 22.6 Å². The van der Waals surface area contributed by atoms with E-state index in [-0.39, 0.29) is 18.2 Å². The molecule has 4 nitrogen and oxygen atoms in total. The van der Waals surface area contributed by atoms with Crippen LogP contribution in [0, 0.1) is 6.92 Å². The Balaban J connectivity index is 2.20. The van der Waals surface area contributed by atoms with Crippen molar-refractivity contribution in [3.63, 3.8) is 0 Å². The summed E-state index contributed by atoms with van der Waals surface area (Å²) in [6.07, 6.45) is 0.288. The molecule has 0 heterocycles. The molecule has 0 aliphatic rings. The van der Waals surface area contributed by atoms with Crippen molar-refractivity contribution in [3.8, 4) is 0 Å². The molecule has 0 radical (unpaired) electrons. The highest BCUT2D eigenvalue weighted by atomic mass is 16.2. The third kappa shape index (κ3) is 4.69. The van der Waals surface area contributed by atoms with Crippen molar-refractivity contribution in [1.82, 2.24) is 10.2 Å². The summed E-state index contributed by atoms with van der Waals surface area (Å²) in [5.74, 6) is -0.218. The number of nitrogens with zero attached hydrogens (tertiary/aromatic N) is 1. The van der Waals surface area contributed by atoms with Crippen LogP contribution in [0.3, 0.4) is 0 Å². The molecule has 0 saturated carbocycles. The number of amides is 2. The van der Waals surface area contributed by atoms with Gasteiger partial charge in [-0.15, -0.1) is 0 Å². The van der Waals surface area contributed by atoms with Crippen molar-refractivity contribution >= 4 is 11.8 Å². The molecule has 1 N–H and O–H groups in total. The van der Waals surface area contributed by atoms with Gasteiger partial charge < -0.3 is 10.2 Å². The fraction of sp³-hybridized carbons (Fsp3) is 0.300. The lowest BCUT2D eigenvalue weighted by Gasteiger charge is -2.28. The molecular formula is C20H24N2O2. The molecule has 0 spiro atoms. The molecule has 2 rings (SSSR count). The maximum atomic E-state index is 12.8. The van der Waals surface area contributed by atoms with Crippen LogP contribution in [0.2, 0.25) is 0 Å². The van der Waals surface area contributed by atoms with Gasteiger partial charge in [-0.05, 0) is 25.0 Å². The maximum absolute atomic E-state index is 12.8. The number of nitrogens with one attached hydrogen (secondary N) is 1. The van der Waals surface area contributed by atoms with Gasteiger partial charge in [0.25, 0.3) is 0 Å². The first-order valence-corrected chi connectivity index (χ1v) is 8.12. The van der Waals surface area contributed by atoms with E-state index in [2.05, 4.69) is 5.32 Å². The highest BCUT2D eigenvalue weighted by molar-refractivity contribution is 5.88. The second-order valence-corrected chi connectivity index (χ2v) is 5.96. The molecule has 1 atom stereocenters. The molecule has 4 heteroatoms. The Labute approximate surface area is 143 Å². The molecular weight excluding hydrogens is 300 g/mol. The highest BCUT2D eigenvalue weighted by Crippen LogP contribution is 2.13. The second kappa shape index (κ2) is 8.29. The van der Waals surface area contributed by atoms with Gasteiger partial charge in [-0.25, -0.2) is 0 Å². The molecule has 2 amide bonds. The monoisotopic (exact) mass is 324 g/mol. The largest absolute Gasteiger partial charge is 0.357 e. The van der Waals surface area contributed by atoms with Gasteiger partial charge in [0.15, 0.2) is 0 Å². The number of benzene rings is 2. The number of carbonyl (C=O) groups is 2. The van der Waals surface area contributed by atoms with E-state index in [0.29, 0.717) is 6.54 Å². The Morgan fingerprint density at radius 2 is 1.71 bits per heavy atom. The van der Waals surface area contributed by atoms with E-state index < -0.39 is 6.04 Å². The Hall–Kier alpha value is -2.62. The predicted molar refractivity (Wildman–Crippen MR) is 95.4 cm³/mol. The van der Waals surface area contributed by atoms with E-state index in [9.17, 15) is 9.59 Å². The van der Waals surface area contributed by atoms with Crippen molar-refractivity contribution < 1.29 is 9.59 Å². The van der Waals surface area contributed by atoms with Gasteiger partial charge in [-0.1, -0.05) is 60.2 Å². The van der Waals surface area contributed by atoms with Gasteiger partial charge in [-0.2, -0.15) is 0 Å². The molecule has 0 aliphatic heterocycles. The molecule has 0 bridgehead atoms. The Bertz CT molecular complexity index is 698. The molecule has 0 aromatic heterocycles. The minimum absolute atomic E-state index is 0.0550. The summed E-state index contributed by atoms with van der Waals surface area (Å²) >= 11 is 0. The lowest BCUT2D eigenvalue weighted by Crippen LogP contribution is -2.47. The first kappa shape index (κ1) is 17.7. The van der Waals surface area contributed by atoms with Crippen LogP contribution in [0.4, 0.5) is 0 Å². The standard InChI is InChI=1S/C20H24N2O2/c1-15-8-7-11-18(12-15)13-19(23)22(16(2)20(24)21-3)14-17-9-5-4-6-10-17/h4-12,16H,13-14H2,1-3H3,(H,21,24)/t16-/m1/s1. The maximum Gasteiger partial charge on any atom is 0.242 e. The predicted octanol–water partition coefficient (Wildman–Crippen LogP) is 2.70. The molecule has 0 saturated heterocycles. The van der Waals surface area contributed by atoms with E-state index >= 15 is 0 Å². The summed E-state index contributed by atoms with van der Waals surface area (Å²) < 4.78 is 0. The lowest BCUT2D eigenvalue weighted by atomic mass is 10.1. The lowest BCUT2D eigenvalue weighted by molar-refractivity contribution is -0.139. The van der Waals surface area contributed by atoms with Gasteiger partial charge in [0.05, 0.1) is 6.42 Å². The first-order valence-electron chi connectivity index (χ1n) is 8.12. The summed E-state index contributed by atoms with van der Waals surface area (Å²) in [4.78, 5) is 26.5. The topological polar surface area (TPSA) is 49.4 Å². The van der Waals surface area contributed by atoms with E-state index in [0.717, 1.165) is 16.7 Å². The average Bonchev–Trinajstić information content (AvgIpc) is 2.59. The normalized spacial score (nSPS) is 11.6. The van der Waals surface area contributed by atoms with E-state index in [1.54, 1.807) is 18.9 Å². The summed E-state index contributed by atoms with van der Waals surface area (Å²) in [5.41, 5.74) is 3.09. The minimum Gasteiger partial charge on any atom is -0.357 e. The SMILES string of the molecule is CNC(=O)[C@@H](C)N(Cc1ccccc1)C(=O)Cc1cccc(C)c1. The van der Waals surface area contributed by atoms with Gasteiger partial charge in [0, 0.05) is 13.6 Å². The number of hydrogen-bond acceptors (Lipinski definition) is 2. The van der Waals surface area contributed by atoms with Gasteiger partial charge in [0.2, 0.25) is 11.8 Å². The van der Waals surface area contributed by atoms with Crippen LogP contribution in [-0.4, -0.2) is 29.8 Å². The summed E-state index contributed by atoms with van der Waals surface area (Å²) in [6, 6.07) is 17.1. The second-order valence-electron chi connectivity index (χ2n) is 5.96. The summed E-state index contributed by atoms with van der Waals surface area (Å²) in [5, 5.41) is 2.63. The van der Waals surface area contributed by atoms with Gasteiger partial charge in [0.1, 0.15) is 6.04 Å². The number of hydrogen-bond donors (Lipinski definition) is 1. The smallest absolute Gasteiger partial charge is 0.242 e. The molecule has 2 aromatic rings. The number of aryl methyl sites for hydroxylation is 1. The first-order chi connectivity index (χ1) is 11.5. The fourth-order valence-corrected chi connectivity index (χ4v) is 2.67. The zero-order chi connectivity index (χ0) is 17.5. The third-order valence-corrected chi connectivity index (χ3v) is 4.05. The van der Waals surface area contributed by atoms with Crippen LogP contribution >= 0.6 is 0 Å². The quantitative estimate of drug-likeness (QED) is 0.888. The third-order valence-electron chi connectivity index (χ3n) is 4.05. The fourth-order valence-electron chi connectivity index (χ4n) is 2.67. The Morgan fingerprint density at radius 1 is 1.04 bits per heavy atom. The molecule has 2 aromatic carbocycles. The van der Waals surface area contributed by atoms with Gasteiger partial charge in [-0.3, -0.25) is 9.59 Å². The molecule has 0 fully saturated rings. The number of rotatable bonds is 6. The minimum atomic E-state index is -0.521. The molecule has 126 valence electrons. The summed E-state index contributed by atoms with van der Waals surface area (Å²) in [6.45, 7) is 4.18. The average molecular weight is 324 g/mol. The van der Waals surface area contributed by atoms with Crippen molar-refractivity contribution in [1.29, 1.82) is 0 Å². The number of likely N-dealkylation sites (N-methyl/N-ethyl adjacent to an activating group) is 1. The van der Waals surface area contributed by atoms with Crippen LogP contribution < -0.4 is 5.32 Å². The zero-order valence-electron chi connectivity index (χ0n) is 14.5. The molecule has 24 heavy (non-hydrogen) atoms. The Morgan fingerprint density at radius 3 is 2.33 bits per heavy atom. The molecule has 0 unspecified atom stereocenters. The van der Waals surface area contributed by atoms with Gasteiger partial charge >= 0.3 is 0 Å². The van der Waals surface area contributed by atoms with Crippen LogP contribution in [0.5, 0.6) is 0 Å². The van der Waals surface area contributed by atoms with E-state index in [4.69, 9.17) is 0 Å². The highest BCUT2D eigenvalue weighted by Gasteiger charge is 2.25. The van der Waals surface area contributed by atoms with Crippen LogP contribution in [0.1, 0.15) is 23.6 Å². The van der Waals surface area contributed by atoms with Crippen molar-refractivity contribution in [2.45, 2.75) is 32.9 Å². The van der Waals surface area contributed by atoms with Crippen molar-refractivity contribution in [2.24, 2.45) is 0 Å². The van der Waals surface area contributed by atoms with Crippen molar-refractivity contribution in [3.05, 3.63) is 71.3 Å². The molecule has 0 aliphatic carbocycles. The van der Waals surface area contributed by atoms with E-state index in [1.165, 1.54) is 0 Å². The number of carbonyl (C=O) groups excluding carboxylic acids is 2. The van der Waals surface area contributed by atoms with E-state index in [1.807, 2.05) is 61.5 Å². The van der Waals surface area contributed by atoms with Crippen LogP contribution in [0.25, 0.3) is 0 Å². The Kier molecular flexibility index (Phi) is 6.13. The van der Waals surface area contributed by atoms with Crippen LogP contribution in [0.15, 0.2) is 54.6 Å². The zero-order valence-corrected chi connectivity index (χ0v) is 14.5. The van der Waals surface area contributed by atoms with Crippen molar-refractivity contribution in [2.75, 3.05) is 7.05 Å². The summed E-state index contributed by atoms with van der Waals surface area (Å²) in [7, 11) is 1.59.